The fourth-order valence-electron chi connectivity index (χ4n) is 1.35. The summed E-state index contributed by atoms with van der Waals surface area (Å²) in [7, 11) is 2.20. The van der Waals surface area contributed by atoms with E-state index in [1.807, 2.05) is 0 Å². The zero-order valence-electron chi connectivity index (χ0n) is 11.1. The van der Waals surface area contributed by atoms with Crippen LogP contribution in [-0.2, 0) is 18.1 Å². The molecule has 106 valence electrons. The van der Waals surface area contributed by atoms with Crippen molar-refractivity contribution in [3.05, 3.63) is 12.4 Å². The predicted molar refractivity (Wildman–Crippen MR) is 69.0 cm³/mol. The Morgan fingerprint density at radius 2 is 1.78 bits per heavy atom. The number of carboxylic acids is 1. The number of hydrogen-bond acceptors (Lipinski definition) is 6. The van der Waals surface area contributed by atoms with Crippen molar-refractivity contribution >= 4 is 14.8 Å². The molecule has 0 radical (unpaired) electrons. The average molecular weight is 278 g/mol. The normalized spacial score (nSPS) is 11.1. The summed E-state index contributed by atoms with van der Waals surface area (Å²) in [5.41, 5.74) is 0. The number of nitrogens with one attached hydrogen (secondary N) is 2. The van der Waals surface area contributed by atoms with E-state index >= 15 is 0 Å². The van der Waals surface area contributed by atoms with Gasteiger partial charge in [-0.1, -0.05) is 6.58 Å². The van der Waals surface area contributed by atoms with E-state index < -0.39 is 14.8 Å². The Hall–Kier alpha value is -1.09. The van der Waals surface area contributed by atoms with Crippen molar-refractivity contribution in [2.75, 3.05) is 34.4 Å². The van der Waals surface area contributed by atoms with Crippen LogP contribution in [-0.4, -0.2) is 54.3 Å². The molecule has 0 spiro atoms. The molecule has 8 heteroatoms. The first-order chi connectivity index (χ1) is 8.49. The molecular weight excluding hydrogens is 256 g/mol. The van der Waals surface area contributed by atoms with Crippen molar-refractivity contribution in [1.82, 2.24) is 10.6 Å². The molecule has 0 heterocycles. The van der Waals surface area contributed by atoms with Crippen LogP contribution in [0.25, 0.3) is 0 Å². The number of carbonyl (C=O) groups is 1. The molecule has 18 heavy (non-hydrogen) atoms. The van der Waals surface area contributed by atoms with Crippen LogP contribution < -0.4 is 10.6 Å². The van der Waals surface area contributed by atoms with Crippen molar-refractivity contribution < 1.29 is 23.2 Å². The van der Waals surface area contributed by atoms with E-state index in [0.29, 0.717) is 18.4 Å². The molecule has 0 saturated carbocycles. The van der Waals surface area contributed by atoms with Gasteiger partial charge < -0.3 is 29.0 Å². The third-order valence-corrected chi connectivity index (χ3v) is 5.22. The monoisotopic (exact) mass is 278 g/mol. The number of hydrogen-bond donors (Lipinski definition) is 3. The van der Waals surface area contributed by atoms with Gasteiger partial charge in [-0.05, 0) is 6.42 Å². The van der Waals surface area contributed by atoms with Crippen molar-refractivity contribution in [3.63, 3.8) is 0 Å². The maximum absolute atomic E-state index is 10.3. The Labute approximate surface area is 108 Å². The van der Waals surface area contributed by atoms with Gasteiger partial charge in [0.2, 0.25) is 0 Å². The summed E-state index contributed by atoms with van der Waals surface area (Å²) in [4.78, 5) is 10.3. The molecule has 0 aromatic rings. The lowest BCUT2D eigenvalue weighted by atomic mass is 10.5. The largest absolute Gasteiger partial charge is 0.500 e. The standard InChI is InChI=1S/C10H22N2O5Si/c1-9(12-8-10(13)14)11-6-5-7-18(15-2,16-3)17-4/h11-12H,1,5-8H2,2-4H3,(H,13,14). The minimum atomic E-state index is -2.51. The Kier molecular flexibility index (Phi) is 8.38. The van der Waals surface area contributed by atoms with E-state index in [1.54, 1.807) is 21.3 Å². The van der Waals surface area contributed by atoms with Crippen LogP contribution in [0, 0.1) is 0 Å². The van der Waals surface area contributed by atoms with Gasteiger partial charge in [0.1, 0.15) is 6.54 Å². The number of carboxylic acid groups (broad SMARTS) is 1. The molecule has 0 unspecified atom stereocenters. The first-order valence-corrected chi connectivity index (χ1v) is 7.46. The Morgan fingerprint density at radius 3 is 2.22 bits per heavy atom. The lowest BCUT2D eigenvalue weighted by molar-refractivity contribution is -0.135. The highest BCUT2D eigenvalue weighted by atomic mass is 28.4. The fourth-order valence-corrected chi connectivity index (χ4v) is 3.07. The van der Waals surface area contributed by atoms with Crippen LogP contribution in [0.1, 0.15) is 6.42 Å². The third-order valence-electron chi connectivity index (χ3n) is 2.38. The molecule has 0 aromatic carbocycles. The minimum Gasteiger partial charge on any atom is -0.480 e. The van der Waals surface area contributed by atoms with E-state index in [0.717, 1.165) is 6.42 Å². The molecule has 0 atom stereocenters. The first-order valence-electron chi connectivity index (χ1n) is 5.53. The van der Waals surface area contributed by atoms with Crippen LogP contribution in [0.3, 0.4) is 0 Å². The van der Waals surface area contributed by atoms with Crippen LogP contribution >= 0.6 is 0 Å². The molecule has 0 saturated heterocycles. The van der Waals surface area contributed by atoms with Gasteiger partial charge in [0.15, 0.2) is 0 Å². The summed E-state index contributed by atoms with van der Waals surface area (Å²) in [5, 5.41) is 14.1. The van der Waals surface area contributed by atoms with E-state index in [2.05, 4.69) is 17.2 Å². The SMILES string of the molecule is C=C(NCCC[Si](OC)(OC)OC)NCC(=O)O. The summed E-state index contributed by atoms with van der Waals surface area (Å²) >= 11 is 0. The van der Waals surface area contributed by atoms with Crippen molar-refractivity contribution in [3.8, 4) is 0 Å². The predicted octanol–water partition coefficient (Wildman–Crippen LogP) is -0.0104. The van der Waals surface area contributed by atoms with Crippen LogP contribution in [0.5, 0.6) is 0 Å². The molecular formula is C10H22N2O5Si. The molecule has 0 aliphatic rings. The molecule has 7 nitrogen and oxygen atoms in total. The first kappa shape index (κ1) is 16.9. The number of rotatable bonds is 11. The fraction of sp³-hybridized carbons (Fsp3) is 0.700. The highest BCUT2D eigenvalue weighted by Crippen LogP contribution is 2.14. The van der Waals surface area contributed by atoms with Gasteiger partial charge in [0.05, 0.1) is 5.82 Å². The van der Waals surface area contributed by atoms with Gasteiger partial charge in [0.25, 0.3) is 0 Å². The van der Waals surface area contributed by atoms with Gasteiger partial charge in [-0.2, -0.15) is 0 Å². The van der Waals surface area contributed by atoms with Crippen molar-refractivity contribution in [2.45, 2.75) is 12.5 Å². The second-order valence-corrected chi connectivity index (χ2v) is 6.64. The maximum atomic E-state index is 10.3. The van der Waals surface area contributed by atoms with E-state index in [1.165, 1.54) is 0 Å². The zero-order chi connectivity index (χ0) is 14.0. The van der Waals surface area contributed by atoms with E-state index in [4.69, 9.17) is 18.4 Å². The molecule has 0 bridgehead atoms. The second-order valence-electron chi connectivity index (χ2n) is 3.55. The minimum absolute atomic E-state index is 0.154. The van der Waals surface area contributed by atoms with Gasteiger partial charge in [-0.15, -0.1) is 0 Å². The zero-order valence-corrected chi connectivity index (χ0v) is 12.1. The second kappa shape index (κ2) is 8.92. The molecule has 3 N–H and O–H groups in total. The molecule has 0 fully saturated rings. The number of aliphatic carboxylic acids is 1. The highest BCUT2D eigenvalue weighted by Gasteiger charge is 2.36. The molecule has 0 aliphatic carbocycles. The molecule has 0 amide bonds. The molecule has 0 rings (SSSR count). The maximum Gasteiger partial charge on any atom is 0.500 e. The van der Waals surface area contributed by atoms with Gasteiger partial charge >= 0.3 is 14.8 Å². The van der Waals surface area contributed by atoms with Gasteiger partial charge in [0, 0.05) is 33.9 Å². The lowest BCUT2D eigenvalue weighted by Crippen LogP contribution is -2.43. The Morgan fingerprint density at radius 1 is 1.22 bits per heavy atom. The third kappa shape index (κ3) is 6.60. The highest BCUT2D eigenvalue weighted by molar-refractivity contribution is 6.60. The van der Waals surface area contributed by atoms with Crippen molar-refractivity contribution in [1.29, 1.82) is 0 Å². The van der Waals surface area contributed by atoms with Crippen LogP contribution in [0.4, 0.5) is 0 Å². The quantitative estimate of drug-likeness (QED) is 0.362. The summed E-state index contributed by atoms with van der Waals surface area (Å²) in [6, 6.07) is 0.676. The smallest absolute Gasteiger partial charge is 0.480 e. The van der Waals surface area contributed by atoms with Gasteiger partial charge in [-0.3, -0.25) is 4.79 Å². The molecule has 0 aliphatic heterocycles. The topological polar surface area (TPSA) is 89.0 Å². The summed E-state index contributed by atoms with van der Waals surface area (Å²) < 4.78 is 15.8. The van der Waals surface area contributed by atoms with Crippen LogP contribution in [0.2, 0.25) is 6.04 Å². The summed E-state index contributed by atoms with van der Waals surface area (Å²) in [6.07, 6.45) is 0.773. The average Bonchev–Trinajstić information content (AvgIpc) is 2.37. The van der Waals surface area contributed by atoms with Crippen LogP contribution in [0.15, 0.2) is 12.4 Å². The Balaban J connectivity index is 3.78. The van der Waals surface area contributed by atoms with E-state index in [9.17, 15) is 4.79 Å². The van der Waals surface area contributed by atoms with Crippen molar-refractivity contribution in [2.24, 2.45) is 0 Å². The Bertz CT molecular complexity index is 263. The van der Waals surface area contributed by atoms with E-state index in [-0.39, 0.29) is 6.54 Å². The van der Waals surface area contributed by atoms with Gasteiger partial charge in [-0.25, -0.2) is 0 Å². The summed E-state index contributed by atoms with van der Waals surface area (Å²) in [5.74, 6) is -0.445. The summed E-state index contributed by atoms with van der Waals surface area (Å²) in [6.45, 7) is 4.13. The lowest BCUT2D eigenvalue weighted by Gasteiger charge is -2.24. The molecule has 0 aromatic heterocycles.